The van der Waals surface area contributed by atoms with E-state index in [1.165, 1.54) is 0 Å². The molecule has 0 amide bonds. The molecule has 0 aliphatic rings. The molecule has 0 bridgehead atoms. The van der Waals surface area contributed by atoms with Gasteiger partial charge in [0.2, 0.25) is 0 Å². The van der Waals surface area contributed by atoms with Crippen molar-refractivity contribution >= 4 is 16.5 Å². The number of hydrogen-bond acceptors (Lipinski definition) is 4. The van der Waals surface area contributed by atoms with Gasteiger partial charge in [-0.05, 0) is 18.6 Å². The molecule has 2 aromatic rings. The van der Waals surface area contributed by atoms with Crippen LogP contribution < -0.4 is 10.1 Å². The Balaban J connectivity index is 2.18. The predicted octanol–water partition coefficient (Wildman–Crippen LogP) is 3.64. The van der Waals surface area contributed by atoms with Gasteiger partial charge in [-0.25, -0.2) is 4.98 Å². The highest BCUT2D eigenvalue weighted by molar-refractivity contribution is 7.14. The van der Waals surface area contributed by atoms with Gasteiger partial charge in [0.05, 0.1) is 12.8 Å². The standard InChI is InChI=1S/C13H16N2OS/c1-3-7-14-13-15-12(9-17-13)10-5-4-6-11(8-10)16-2/h4-6,8-9H,3,7H2,1-2H3,(H,14,15). The minimum Gasteiger partial charge on any atom is -0.497 e. The lowest BCUT2D eigenvalue weighted by Gasteiger charge is -2.01. The molecule has 0 saturated heterocycles. The zero-order valence-corrected chi connectivity index (χ0v) is 10.9. The van der Waals surface area contributed by atoms with E-state index in [2.05, 4.69) is 22.6 Å². The topological polar surface area (TPSA) is 34.2 Å². The summed E-state index contributed by atoms with van der Waals surface area (Å²) in [5.41, 5.74) is 2.08. The highest BCUT2D eigenvalue weighted by Crippen LogP contribution is 2.27. The third kappa shape index (κ3) is 2.97. The summed E-state index contributed by atoms with van der Waals surface area (Å²) in [6.07, 6.45) is 1.11. The number of aromatic nitrogens is 1. The predicted molar refractivity (Wildman–Crippen MR) is 72.9 cm³/mol. The summed E-state index contributed by atoms with van der Waals surface area (Å²) >= 11 is 1.63. The van der Waals surface area contributed by atoms with Gasteiger partial charge in [0.15, 0.2) is 5.13 Å². The molecule has 1 aromatic carbocycles. The van der Waals surface area contributed by atoms with Crippen LogP contribution in [-0.4, -0.2) is 18.6 Å². The molecule has 0 unspecified atom stereocenters. The Labute approximate surface area is 105 Å². The fraction of sp³-hybridized carbons (Fsp3) is 0.308. The maximum Gasteiger partial charge on any atom is 0.183 e. The Morgan fingerprint density at radius 2 is 2.29 bits per heavy atom. The highest BCUT2D eigenvalue weighted by atomic mass is 32.1. The van der Waals surface area contributed by atoms with Crippen molar-refractivity contribution in [3.8, 4) is 17.0 Å². The Bertz CT molecular complexity index is 482. The van der Waals surface area contributed by atoms with E-state index < -0.39 is 0 Å². The van der Waals surface area contributed by atoms with E-state index in [0.29, 0.717) is 0 Å². The molecule has 1 aromatic heterocycles. The summed E-state index contributed by atoms with van der Waals surface area (Å²) in [5.74, 6) is 0.860. The van der Waals surface area contributed by atoms with Crippen molar-refractivity contribution in [2.75, 3.05) is 19.0 Å². The summed E-state index contributed by atoms with van der Waals surface area (Å²) in [6, 6.07) is 7.96. The number of thiazole rings is 1. The van der Waals surface area contributed by atoms with E-state index in [4.69, 9.17) is 4.74 Å². The summed E-state index contributed by atoms with van der Waals surface area (Å²) in [7, 11) is 1.67. The van der Waals surface area contributed by atoms with Crippen molar-refractivity contribution in [2.45, 2.75) is 13.3 Å². The molecule has 1 heterocycles. The van der Waals surface area contributed by atoms with Crippen LogP contribution in [0.25, 0.3) is 11.3 Å². The van der Waals surface area contributed by atoms with Crippen molar-refractivity contribution in [2.24, 2.45) is 0 Å². The number of benzene rings is 1. The van der Waals surface area contributed by atoms with Crippen LogP contribution in [0.5, 0.6) is 5.75 Å². The Hall–Kier alpha value is -1.55. The third-order valence-corrected chi connectivity index (χ3v) is 3.20. The van der Waals surface area contributed by atoms with Crippen LogP contribution in [0.3, 0.4) is 0 Å². The Morgan fingerprint density at radius 1 is 1.41 bits per heavy atom. The molecule has 0 aliphatic carbocycles. The van der Waals surface area contributed by atoms with Crippen LogP contribution >= 0.6 is 11.3 Å². The van der Waals surface area contributed by atoms with Gasteiger partial charge >= 0.3 is 0 Å². The van der Waals surface area contributed by atoms with Crippen molar-refractivity contribution in [1.29, 1.82) is 0 Å². The molecule has 0 spiro atoms. The molecule has 1 N–H and O–H groups in total. The van der Waals surface area contributed by atoms with Crippen LogP contribution in [-0.2, 0) is 0 Å². The number of nitrogens with one attached hydrogen (secondary N) is 1. The average Bonchev–Trinajstić information content (AvgIpc) is 2.85. The maximum atomic E-state index is 5.21. The van der Waals surface area contributed by atoms with E-state index in [1.54, 1.807) is 18.4 Å². The molecule has 0 atom stereocenters. The Morgan fingerprint density at radius 3 is 3.06 bits per heavy atom. The van der Waals surface area contributed by atoms with E-state index in [9.17, 15) is 0 Å². The summed E-state index contributed by atoms with van der Waals surface area (Å²) in [5, 5.41) is 6.33. The van der Waals surface area contributed by atoms with Gasteiger partial charge in [-0.1, -0.05) is 19.1 Å². The highest BCUT2D eigenvalue weighted by Gasteiger charge is 2.04. The van der Waals surface area contributed by atoms with Gasteiger partial charge in [0.1, 0.15) is 5.75 Å². The molecule has 4 heteroatoms. The van der Waals surface area contributed by atoms with Gasteiger partial charge in [0.25, 0.3) is 0 Å². The number of rotatable bonds is 5. The first-order valence-corrected chi connectivity index (χ1v) is 6.55. The molecule has 3 nitrogen and oxygen atoms in total. The molecular weight excluding hydrogens is 232 g/mol. The van der Waals surface area contributed by atoms with E-state index in [-0.39, 0.29) is 0 Å². The number of nitrogens with zero attached hydrogens (tertiary/aromatic N) is 1. The molecule has 0 fully saturated rings. The number of ether oxygens (including phenoxy) is 1. The molecular formula is C13H16N2OS. The minimum atomic E-state index is 0.860. The quantitative estimate of drug-likeness (QED) is 0.877. The smallest absolute Gasteiger partial charge is 0.183 e. The van der Waals surface area contributed by atoms with Gasteiger partial charge in [-0.2, -0.15) is 0 Å². The lowest BCUT2D eigenvalue weighted by molar-refractivity contribution is 0.415. The van der Waals surface area contributed by atoms with E-state index in [1.807, 2.05) is 24.3 Å². The van der Waals surface area contributed by atoms with E-state index >= 15 is 0 Å². The first kappa shape index (κ1) is 11.9. The number of anilines is 1. The van der Waals surface area contributed by atoms with Crippen LogP contribution in [0.2, 0.25) is 0 Å². The van der Waals surface area contributed by atoms with Gasteiger partial charge in [-0.15, -0.1) is 11.3 Å². The molecule has 17 heavy (non-hydrogen) atoms. The zero-order chi connectivity index (χ0) is 12.1. The van der Waals surface area contributed by atoms with Crippen molar-refractivity contribution in [3.63, 3.8) is 0 Å². The second-order valence-corrected chi connectivity index (χ2v) is 4.55. The van der Waals surface area contributed by atoms with Crippen molar-refractivity contribution < 1.29 is 4.74 Å². The summed E-state index contributed by atoms with van der Waals surface area (Å²) in [6.45, 7) is 3.11. The summed E-state index contributed by atoms with van der Waals surface area (Å²) < 4.78 is 5.21. The molecule has 90 valence electrons. The third-order valence-electron chi connectivity index (χ3n) is 2.40. The van der Waals surface area contributed by atoms with Crippen LogP contribution in [0.4, 0.5) is 5.13 Å². The normalized spacial score (nSPS) is 10.2. The first-order chi connectivity index (χ1) is 8.33. The first-order valence-electron chi connectivity index (χ1n) is 5.67. The number of hydrogen-bond donors (Lipinski definition) is 1. The lowest BCUT2D eigenvalue weighted by atomic mass is 10.2. The van der Waals surface area contributed by atoms with Crippen molar-refractivity contribution in [1.82, 2.24) is 4.98 Å². The second kappa shape index (κ2) is 5.68. The van der Waals surface area contributed by atoms with E-state index in [0.717, 1.165) is 35.1 Å². The molecule has 0 radical (unpaired) electrons. The minimum absolute atomic E-state index is 0.860. The second-order valence-electron chi connectivity index (χ2n) is 3.70. The van der Waals surface area contributed by atoms with Gasteiger partial charge < -0.3 is 10.1 Å². The zero-order valence-electron chi connectivity index (χ0n) is 10.1. The monoisotopic (exact) mass is 248 g/mol. The molecule has 0 saturated carbocycles. The van der Waals surface area contributed by atoms with Gasteiger partial charge in [-0.3, -0.25) is 0 Å². The fourth-order valence-electron chi connectivity index (χ4n) is 1.50. The maximum absolute atomic E-state index is 5.21. The van der Waals surface area contributed by atoms with Crippen LogP contribution in [0, 0.1) is 0 Å². The van der Waals surface area contributed by atoms with Gasteiger partial charge in [0, 0.05) is 17.5 Å². The molecule has 2 rings (SSSR count). The average molecular weight is 248 g/mol. The number of methoxy groups -OCH3 is 1. The summed E-state index contributed by atoms with van der Waals surface area (Å²) in [4.78, 5) is 4.55. The largest absolute Gasteiger partial charge is 0.497 e. The molecule has 0 aliphatic heterocycles. The lowest BCUT2D eigenvalue weighted by Crippen LogP contribution is -1.98. The SMILES string of the molecule is CCCNc1nc(-c2cccc(OC)c2)cs1. The van der Waals surface area contributed by atoms with Crippen LogP contribution in [0.1, 0.15) is 13.3 Å². The fourth-order valence-corrected chi connectivity index (χ4v) is 2.25. The Kier molecular flexibility index (Phi) is 3.98. The van der Waals surface area contributed by atoms with Crippen LogP contribution in [0.15, 0.2) is 29.6 Å². The van der Waals surface area contributed by atoms with Crippen molar-refractivity contribution in [3.05, 3.63) is 29.6 Å².